The van der Waals surface area contributed by atoms with Crippen molar-refractivity contribution in [2.75, 3.05) is 19.7 Å². The van der Waals surface area contributed by atoms with Gasteiger partial charge in [-0.1, -0.05) is 45.6 Å². The van der Waals surface area contributed by atoms with Crippen molar-refractivity contribution >= 4 is 5.91 Å². The van der Waals surface area contributed by atoms with Crippen molar-refractivity contribution < 1.29 is 9.53 Å². The summed E-state index contributed by atoms with van der Waals surface area (Å²) in [6.07, 6.45) is 1.67. The molecule has 1 atom stereocenters. The molecule has 1 heterocycles. The smallest absolute Gasteiger partial charge is 0.238 e. The predicted octanol–water partition coefficient (Wildman–Crippen LogP) is 2.73. The average Bonchev–Trinajstić information content (AvgIpc) is 2.77. The van der Waals surface area contributed by atoms with Gasteiger partial charge in [0.05, 0.1) is 6.54 Å². The van der Waals surface area contributed by atoms with Crippen LogP contribution < -0.4 is 10.1 Å². The maximum atomic E-state index is 12.1. The van der Waals surface area contributed by atoms with E-state index >= 15 is 0 Å². The zero-order valence-corrected chi connectivity index (χ0v) is 13.1. The highest BCUT2D eigenvalue weighted by molar-refractivity contribution is 5.81. The molecule has 1 aromatic carbocycles. The molecule has 2 rings (SSSR count). The molecule has 1 aliphatic rings. The molecule has 0 spiro atoms. The number of benzene rings is 1. The summed E-state index contributed by atoms with van der Waals surface area (Å²) in [7, 11) is 0. The van der Waals surface area contributed by atoms with Crippen LogP contribution in [0.4, 0.5) is 0 Å². The van der Waals surface area contributed by atoms with Crippen molar-refractivity contribution in [2.24, 2.45) is 5.41 Å². The first-order valence-electron chi connectivity index (χ1n) is 7.27. The number of ether oxygens (including phenoxy) is 1. The highest BCUT2D eigenvalue weighted by atomic mass is 16.5. The average molecular weight is 288 g/mol. The number of carbonyl (C=O) groups is 1. The second kappa shape index (κ2) is 6.31. The number of rotatable bonds is 5. The molecule has 0 aliphatic carbocycles. The van der Waals surface area contributed by atoms with Gasteiger partial charge >= 0.3 is 0 Å². The van der Waals surface area contributed by atoms with E-state index in [2.05, 4.69) is 32.7 Å². The van der Waals surface area contributed by atoms with Gasteiger partial charge in [-0.3, -0.25) is 10.1 Å². The van der Waals surface area contributed by atoms with Gasteiger partial charge in [0.25, 0.3) is 0 Å². The highest BCUT2D eigenvalue weighted by Gasteiger charge is 2.33. The third kappa shape index (κ3) is 4.08. The molecule has 4 heteroatoms. The summed E-state index contributed by atoms with van der Waals surface area (Å²) in [6.45, 7) is 11.7. The lowest BCUT2D eigenvalue weighted by Gasteiger charge is -2.31. The predicted molar refractivity (Wildman–Crippen MR) is 84.0 cm³/mol. The fraction of sp³-hybridized carbons (Fsp3) is 0.471. The Balaban J connectivity index is 2.12. The molecule has 1 aromatic rings. The quantitative estimate of drug-likeness (QED) is 0.847. The monoisotopic (exact) mass is 288 g/mol. The summed E-state index contributed by atoms with van der Waals surface area (Å²) >= 11 is 0. The number of hydrogen-bond donors (Lipinski definition) is 1. The molecule has 1 N–H and O–H groups in total. The lowest BCUT2D eigenvalue weighted by atomic mass is 9.95. The zero-order chi connectivity index (χ0) is 15.5. The van der Waals surface area contributed by atoms with E-state index in [0.29, 0.717) is 13.2 Å². The largest absolute Gasteiger partial charge is 0.490 e. The Bertz CT molecular complexity index is 503. The van der Waals surface area contributed by atoms with Crippen molar-refractivity contribution in [3.05, 3.63) is 42.5 Å². The van der Waals surface area contributed by atoms with Gasteiger partial charge in [-0.05, 0) is 23.1 Å². The molecule has 114 valence electrons. The molecule has 0 bridgehead atoms. The summed E-state index contributed by atoms with van der Waals surface area (Å²) in [5, 5.41) is 3.28. The van der Waals surface area contributed by atoms with Gasteiger partial charge in [0.2, 0.25) is 5.91 Å². The molecule has 0 radical (unpaired) electrons. The topological polar surface area (TPSA) is 41.6 Å². The van der Waals surface area contributed by atoms with Crippen LogP contribution in [-0.2, 0) is 4.79 Å². The van der Waals surface area contributed by atoms with Crippen LogP contribution in [0, 0.1) is 5.41 Å². The molecule has 1 amide bonds. The Kier molecular flexibility index (Phi) is 4.68. The van der Waals surface area contributed by atoms with Gasteiger partial charge < -0.3 is 9.64 Å². The van der Waals surface area contributed by atoms with E-state index in [4.69, 9.17) is 4.74 Å². The van der Waals surface area contributed by atoms with E-state index in [1.807, 2.05) is 29.2 Å². The SMILES string of the molecule is C=CCOc1ccc(C2NCC(=O)N2CC(C)(C)C)cc1. The summed E-state index contributed by atoms with van der Waals surface area (Å²) in [5.74, 6) is 0.965. The van der Waals surface area contributed by atoms with Crippen molar-refractivity contribution in [1.29, 1.82) is 0 Å². The summed E-state index contributed by atoms with van der Waals surface area (Å²) in [5.41, 5.74) is 1.16. The van der Waals surface area contributed by atoms with Crippen molar-refractivity contribution in [3.8, 4) is 5.75 Å². The summed E-state index contributed by atoms with van der Waals surface area (Å²) in [6, 6.07) is 7.87. The molecule has 4 nitrogen and oxygen atoms in total. The normalized spacial score (nSPS) is 18.9. The molecule has 0 aromatic heterocycles. The number of hydrogen-bond acceptors (Lipinski definition) is 3. The minimum atomic E-state index is -0.0508. The van der Waals surface area contributed by atoms with Crippen molar-refractivity contribution in [3.63, 3.8) is 0 Å². The second-order valence-corrected chi connectivity index (χ2v) is 6.53. The first-order chi connectivity index (χ1) is 9.90. The number of nitrogens with zero attached hydrogens (tertiary/aromatic N) is 1. The second-order valence-electron chi connectivity index (χ2n) is 6.53. The van der Waals surface area contributed by atoms with E-state index in [0.717, 1.165) is 17.9 Å². The van der Waals surface area contributed by atoms with Gasteiger partial charge in [0.15, 0.2) is 0 Å². The van der Waals surface area contributed by atoms with Crippen LogP contribution in [0.15, 0.2) is 36.9 Å². The fourth-order valence-corrected chi connectivity index (χ4v) is 2.43. The Morgan fingerprint density at radius 3 is 2.62 bits per heavy atom. The molecule has 1 saturated heterocycles. The van der Waals surface area contributed by atoms with E-state index in [1.54, 1.807) is 6.08 Å². The number of nitrogens with one attached hydrogen (secondary N) is 1. The molecule has 1 aliphatic heterocycles. The van der Waals surface area contributed by atoms with Crippen LogP contribution in [-0.4, -0.2) is 30.5 Å². The van der Waals surface area contributed by atoms with Crippen LogP contribution >= 0.6 is 0 Å². The van der Waals surface area contributed by atoms with Gasteiger partial charge in [0, 0.05) is 6.54 Å². The molecular formula is C17H24N2O2. The van der Waals surface area contributed by atoms with Crippen LogP contribution in [0.2, 0.25) is 0 Å². The zero-order valence-electron chi connectivity index (χ0n) is 13.1. The van der Waals surface area contributed by atoms with Crippen LogP contribution in [0.25, 0.3) is 0 Å². The van der Waals surface area contributed by atoms with Gasteiger partial charge in [0.1, 0.15) is 18.5 Å². The maximum absolute atomic E-state index is 12.1. The summed E-state index contributed by atoms with van der Waals surface area (Å²) < 4.78 is 5.48. The number of carbonyl (C=O) groups excluding carboxylic acids is 1. The minimum Gasteiger partial charge on any atom is -0.490 e. The lowest BCUT2D eigenvalue weighted by Crippen LogP contribution is -2.37. The molecule has 0 saturated carbocycles. The van der Waals surface area contributed by atoms with Crippen molar-refractivity contribution in [2.45, 2.75) is 26.9 Å². The van der Waals surface area contributed by atoms with Crippen LogP contribution in [0.3, 0.4) is 0 Å². The summed E-state index contributed by atoms with van der Waals surface area (Å²) in [4.78, 5) is 14.0. The number of amides is 1. The Hall–Kier alpha value is -1.81. The van der Waals surface area contributed by atoms with Crippen LogP contribution in [0.5, 0.6) is 5.75 Å². The standard InChI is InChI=1S/C17H24N2O2/c1-5-10-21-14-8-6-13(7-9-14)16-18-11-15(20)19(16)12-17(2,3)4/h5-9,16,18H,1,10-12H2,2-4H3. The van der Waals surface area contributed by atoms with Gasteiger partial charge in [-0.2, -0.15) is 0 Å². The van der Waals surface area contributed by atoms with E-state index in [-0.39, 0.29) is 17.5 Å². The lowest BCUT2D eigenvalue weighted by molar-refractivity contribution is -0.129. The highest BCUT2D eigenvalue weighted by Crippen LogP contribution is 2.28. The van der Waals surface area contributed by atoms with E-state index in [9.17, 15) is 4.79 Å². The Morgan fingerprint density at radius 2 is 2.05 bits per heavy atom. The minimum absolute atomic E-state index is 0.0508. The van der Waals surface area contributed by atoms with Crippen molar-refractivity contribution in [1.82, 2.24) is 10.2 Å². The van der Waals surface area contributed by atoms with E-state index < -0.39 is 0 Å². The fourth-order valence-electron chi connectivity index (χ4n) is 2.43. The first-order valence-corrected chi connectivity index (χ1v) is 7.27. The van der Waals surface area contributed by atoms with Crippen LogP contribution in [0.1, 0.15) is 32.5 Å². The third-order valence-corrected chi connectivity index (χ3v) is 3.29. The van der Waals surface area contributed by atoms with E-state index in [1.165, 1.54) is 0 Å². The third-order valence-electron chi connectivity index (χ3n) is 3.29. The molecule has 1 fully saturated rings. The van der Waals surface area contributed by atoms with Gasteiger partial charge in [-0.15, -0.1) is 0 Å². The Morgan fingerprint density at radius 1 is 1.38 bits per heavy atom. The molecular weight excluding hydrogens is 264 g/mol. The maximum Gasteiger partial charge on any atom is 0.238 e. The molecule has 21 heavy (non-hydrogen) atoms. The molecule has 1 unspecified atom stereocenters. The Labute approximate surface area is 126 Å². The first kappa shape index (κ1) is 15.6. The van der Waals surface area contributed by atoms with Gasteiger partial charge in [-0.25, -0.2) is 0 Å².